The Morgan fingerprint density at radius 2 is 2.06 bits per heavy atom. The Morgan fingerprint density at radius 3 is 2.76 bits per heavy atom. The van der Waals surface area contributed by atoms with Gasteiger partial charge in [0, 0.05) is 25.0 Å². The molecule has 0 unspecified atom stereocenters. The van der Waals surface area contributed by atoms with E-state index in [9.17, 15) is 0 Å². The van der Waals surface area contributed by atoms with Crippen LogP contribution in [0.3, 0.4) is 0 Å². The Balaban J connectivity index is 2.24. The topological polar surface area (TPSA) is 55.6 Å². The van der Waals surface area contributed by atoms with Gasteiger partial charge in [-0.2, -0.15) is 5.10 Å². The maximum Gasteiger partial charge on any atom is 0.134 e. The molecule has 2 aromatic heterocycles. The molecule has 17 heavy (non-hydrogen) atoms. The average molecular weight is 231 g/mol. The Labute approximate surface area is 101 Å². The fourth-order valence-electron chi connectivity index (χ4n) is 1.70. The van der Waals surface area contributed by atoms with Crippen LogP contribution in [0.2, 0.25) is 0 Å². The maximum atomic E-state index is 4.38. The van der Waals surface area contributed by atoms with Crippen LogP contribution in [0.15, 0.2) is 18.6 Å². The summed E-state index contributed by atoms with van der Waals surface area (Å²) in [5.74, 6) is 0.819. The molecule has 0 aliphatic carbocycles. The molecular formula is C12H17N5. The molecule has 0 aromatic carbocycles. The summed E-state index contributed by atoms with van der Waals surface area (Å²) in [5, 5.41) is 7.66. The summed E-state index contributed by atoms with van der Waals surface area (Å²) in [5.41, 5.74) is 3.09. The molecule has 2 rings (SSSR count). The monoisotopic (exact) mass is 231 g/mol. The van der Waals surface area contributed by atoms with E-state index in [1.807, 2.05) is 24.0 Å². The smallest absolute Gasteiger partial charge is 0.134 e. The molecule has 2 heterocycles. The molecule has 0 fully saturated rings. The Morgan fingerprint density at radius 1 is 1.24 bits per heavy atom. The van der Waals surface area contributed by atoms with Crippen molar-refractivity contribution in [2.45, 2.75) is 26.7 Å². The van der Waals surface area contributed by atoms with Gasteiger partial charge in [0.1, 0.15) is 12.1 Å². The van der Waals surface area contributed by atoms with Crippen molar-refractivity contribution in [3.63, 3.8) is 0 Å². The predicted octanol–water partition coefficient (Wildman–Crippen LogP) is 2.08. The summed E-state index contributed by atoms with van der Waals surface area (Å²) in [6.07, 6.45) is 5.36. The van der Waals surface area contributed by atoms with Gasteiger partial charge in [0.05, 0.1) is 11.4 Å². The van der Waals surface area contributed by atoms with E-state index < -0.39 is 0 Å². The third-order valence-electron chi connectivity index (χ3n) is 2.59. The van der Waals surface area contributed by atoms with Crippen molar-refractivity contribution in [1.82, 2.24) is 19.7 Å². The van der Waals surface area contributed by atoms with E-state index in [1.165, 1.54) is 0 Å². The summed E-state index contributed by atoms with van der Waals surface area (Å²) < 4.78 is 1.81. The van der Waals surface area contributed by atoms with Gasteiger partial charge in [0.15, 0.2) is 0 Å². The lowest BCUT2D eigenvalue weighted by atomic mass is 10.3. The molecule has 1 N–H and O–H groups in total. The van der Waals surface area contributed by atoms with Crippen LogP contribution in [0.1, 0.15) is 25.2 Å². The first-order chi connectivity index (χ1) is 8.22. The second kappa shape index (κ2) is 4.95. The van der Waals surface area contributed by atoms with Crippen LogP contribution in [0, 0.1) is 0 Å². The maximum absolute atomic E-state index is 4.38. The first-order valence-electron chi connectivity index (χ1n) is 5.83. The molecule has 0 aliphatic heterocycles. The summed E-state index contributed by atoms with van der Waals surface area (Å²) in [7, 11) is 1.92. The van der Waals surface area contributed by atoms with E-state index in [0.29, 0.717) is 0 Å². The number of aryl methyl sites for hydroxylation is 3. The zero-order valence-electron chi connectivity index (χ0n) is 10.4. The molecule has 2 aromatic rings. The summed E-state index contributed by atoms with van der Waals surface area (Å²) in [6, 6.07) is 1.96. The summed E-state index contributed by atoms with van der Waals surface area (Å²) in [4.78, 5) is 8.38. The first kappa shape index (κ1) is 11.6. The van der Waals surface area contributed by atoms with Gasteiger partial charge in [-0.25, -0.2) is 9.97 Å². The lowest BCUT2D eigenvalue weighted by Gasteiger charge is -2.05. The summed E-state index contributed by atoms with van der Waals surface area (Å²) >= 11 is 0. The second-order valence-corrected chi connectivity index (χ2v) is 3.89. The highest BCUT2D eigenvalue weighted by atomic mass is 15.3. The number of nitrogens with one attached hydrogen (secondary N) is 1. The van der Waals surface area contributed by atoms with E-state index in [4.69, 9.17) is 0 Å². The van der Waals surface area contributed by atoms with Crippen molar-refractivity contribution in [3.8, 4) is 0 Å². The summed E-state index contributed by atoms with van der Waals surface area (Å²) in [6.45, 7) is 4.17. The van der Waals surface area contributed by atoms with Crippen LogP contribution in [-0.2, 0) is 19.9 Å². The highest BCUT2D eigenvalue weighted by molar-refractivity contribution is 5.57. The van der Waals surface area contributed by atoms with E-state index in [-0.39, 0.29) is 0 Å². The molecule has 5 heteroatoms. The Hall–Kier alpha value is -1.91. The molecule has 0 aliphatic rings. The van der Waals surface area contributed by atoms with Gasteiger partial charge in [-0.3, -0.25) is 4.68 Å². The number of nitrogens with zero attached hydrogens (tertiary/aromatic N) is 4. The van der Waals surface area contributed by atoms with Crippen molar-refractivity contribution < 1.29 is 0 Å². The Kier molecular flexibility index (Phi) is 3.37. The predicted molar refractivity (Wildman–Crippen MR) is 67.3 cm³/mol. The zero-order valence-corrected chi connectivity index (χ0v) is 10.4. The Bertz CT molecular complexity index is 503. The van der Waals surface area contributed by atoms with Crippen molar-refractivity contribution in [3.05, 3.63) is 30.0 Å². The minimum absolute atomic E-state index is 0.819. The third kappa shape index (κ3) is 2.61. The molecule has 90 valence electrons. The molecule has 0 atom stereocenters. The van der Waals surface area contributed by atoms with E-state index in [1.54, 1.807) is 6.33 Å². The standard InChI is InChI=1S/C12H17N5/c1-4-9-6-12(14-8-13-9)15-11-7-17(3)16-10(11)5-2/h6-8H,4-5H2,1-3H3,(H,13,14,15). The number of hydrogen-bond acceptors (Lipinski definition) is 4. The largest absolute Gasteiger partial charge is 0.337 e. The van der Waals surface area contributed by atoms with Crippen LogP contribution in [0.5, 0.6) is 0 Å². The normalized spacial score (nSPS) is 10.5. The van der Waals surface area contributed by atoms with Gasteiger partial charge >= 0.3 is 0 Å². The quantitative estimate of drug-likeness (QED) is 0.875. The zero-order chi connectivity index (χ0) is 12.3. The van der Waals surface area contributed by atoms with Crippen molar-refractivity contribution in [2.24, 2.45) is 7.05 Å². The van der Waals surface area contributed by atoms with Gasteiger partial charge in [-0.15, -0.1) is 0 Å². The van der Waals surface area contributed by atoms with Gasteiger partial charge in [-0.05, 0) is 12.8 Å². The van der Waals surface area contributed by atoms with Crippen LogP contribution >= 0.6 is 0 Å². The molecule has 0 radical (unpaired) electrons. The molecule has 5 nitrogen and oxygen atoms in total. The van der Waals surface area contributed by atoms with Crippen LogP contribution < -0.4 is 5.32 Å². The molecule has 0 spiro atoms. The van der Waals surface area contributed by atoms with Gasteiger partial charge in [0.25, 0.3) is 0 Å². The van der Waals surface area contributed by atoms with Crippen molar-refractivity contribution >= 4 is 11.5 Å². The third-order valence-corrected chi connectivity index (χ3v) is 2.59. The fourth-order valence-corrected chi connectivity index (χ4v) is 1.70. The SMILES string of the molecule is CCc1cc(Nc2cn(C)nc2CC)ncn1. The fraction of sp³-hybridized carbons (Fsp3) is 0.417. The molecule has 0 saturated carbocycles. The van der Waals surface area contributed by atoms with E-state index >= 15 is 0 Å². The van der Waals surface area contributed by atoms with Crippen LogP contribution in [0.4, 0.5) is 11.5 Å². The van der Waals surface area contributed by atoms with Gasteiger partial charge in [-0.1, -0.05) is 13.8 Å². The molecule has 0 amide bonds. The first-order valence-corrected chi connectivity index (χ1v) is 5.83. The lowest BCUT2D eigenvalue weighted by molar-refractivity contribution is 0.746. The number of anilines is 2. The number of hydrogen-bond donors (Lipinski definition) is 1. The number of aromatic nitrogens is 4. The number of rotatable bonds is 4. The minimum Gasteiger partial charge on any atom is -0.337 e. The molecule has 0 saturated heterocycles. The van der Waals surface area contributed by atoms with Crippen molar-refractivity contribution in [2.75, 3.05) is 5.32 Å². The minimum atomic E-state index is 0.819. The average Bonchev–Trinajstić information content (AvgIpc) is 2.69. The van der Waals surface area contributed by atoms with Crippen LogP contribution in [0.25, 0.3) is 0 Å². The molecule has 0 bridgehead atoms. The lowest BCUT2D eigenvalue weighted by Crippen LogP contribution is -1.98. The van der Waals surface area contributed by atoms with Gasteiger partial charge in [0.2, 0.25) is 0 Å². The van der Waals surface area contributed by atoms with E-state index in [0.717, 1.165) is 35.7 Å². The van der Waals surface area contributed by atoms with E-state index in [2.05, 4.69) is 34.2 Å². The highest BCUT2D eigenvalue weighted by Gasteiger charge is 2.06. The second-order valence-electron chi connectivity index (χ2n) is 3.89. The molecular weight excluding hydrogens is 214 g/mol. The van der Waals surface area contributed by atoms with Gasteiger partial charge < -0.3 is 5.32 Å². The highest BCUT2D eigenvalue weighted by Crippen LogP contribution is 2.18. The van der Waals surface area contributed by atoms with Crippen LogP contribution in [-0.4, -0.2) is 19.7 Å². The van der Waals surface area contributed by atoms with Crippen molar-refractivity contribution in [1.29, 1.82) is 0 Å².